The second-order valence-electron chi connectivity index (χ2n) is 6.04. The fourth-order valence-corrected chi connectivity index (χ4v) is 3.00. The zero-order valence-corrected chi connectivity index (χ0v) is 15.0. The standard InChI is InChI=1S/C17H24N4O3.ClH/c1-24-16(23)13-4-2-3-5-14(13)21-15(22)12-8-6-11(7-9-12)10-20-17(18)19;/h2-5,11-12H,6-10H2,1H3,(H,21,22)(H4,18,19,20);1H. The number of guanidine groups is 1. The smallest absolute Gasteiger partial charge is 0.339 e. The van der Waals surface area contributed by atoms with Crippen molar-refractivity contribution in [1.82, 2.24) is 5.32 Å². The molecule has 7 nitrogen and oxygen atoms in total. The summed E-state index contributed by atoms with van der Waals surface area (Å²) < 4.78 is 4.74. The fraction of sp³-hybridized carbons (Fsp3) is 0.471. The Morgan fingerprint density at radius 1 is 1.24 bits per heavy atom. The molecule has 0 atom stereocenters. The zero-order valence-electron chi connectivity index (χ0n) is 14.2. The lowest BCUT2D eigenvalue weighted by Gasteiger charge is -2.28. The molecule has 1 fully saturated rings. The third kappa shape index (κ3) is 5.94. The molecule has 1 aliphatic carbocycles. The van der Waals surface area contributed by atoms with Crippen molar-refractivity contribution in [2.24, 2.45) is 17.6 Å². The summed E-state index contributed by atoms with van der Waals surface area (Å²) in [7, 11) is 1.32. The van der Waals surface area contributed by atoms with Gasteiger partial charge in [0, 0.05) is 12.5 Å². The Labute approximate surface area is 153 Å². The van der Waals surface area contributed by atoms with E-state index in [9.17, 15) is 9.59 Å². The van der Waals surface area contributed by atoms with Gasteiger partial charge >= 0.3 is 5.97 Å². The molecule has 0 heterocycles. The molecule has 25 heavy (non-hydrogen) atoms. The van der Waals surface area contributed by atoms with E-state index < -0.39 is 5.97 Å². The van der Waals surface area contributed by atoms with Gasteiger partial charge in [0.25, 0.3) is 0 Å². The summed E-state index contributed by atoms with van der Waals surface area (Å²) in [5.41, 5.74) is 6.13. The Kier molecular flexibility index (Phi) is 8.21. The van der Waals surface area contributed by atoms with Crippen LogP contribution in [0.25, 0.3) is 0 Å². The highest BCUT2D eigenvalue weighted by Crippen LogP contribution is 2.29. The van der Waals surface area contributed by atoms with Gasteiger partial charge in [-0.3, -0.25) is 10.2 Å². The topological polar surface area (TPSA) is 117 Å². The first-order chi connectivity index (χ1) is 11.5. The van der Waals surface area contributed by atoms with Crippen LogP contribution in [0, 0.1) is 17.2 Å². The average molecular weight is 369 g/mol. The summed E-state index contributed by atoms with van der Waals surface area (Å²) >= 11 is 0. The summed E-state index contributed by atoms with van der Waals surface area (Å²) in [6.45, 7) is 0.675. The van der Waals surface area contributed by atoms with E-state index in [2.05, 4.69) is 10.6 Å². The summed E-state index contributed by atoms with van der Waals surface area (Å²) in [4.78, 5) is 24.2. The van der Waals surface area contributed by atoms with Crippen LogP contribution in [-0.2, 0) is 9.53 Å². The predicted octanol–water partition coefficient (Wildman–Crippen LogP) is 2.12. The summed E-state index contributed by atoms with van der Waals surface area (Å²) in [6.07, 6.45) is 3.40. The van der Waals surface area contributed by atoms with Gasteiger partial charge in [0.2, 0.25) is 5.91 Å². The maximum Gasteiger partial charge on any atom is 0.339 e. The number of carbonyl (C=O) groups is 2. The molecule has 1 aliphatic rings. The lowest BCUT2D eigenvalue weighted by molar-refractivity contribution is -0.121. The molecule has 1 aromatic carbocycles. The summed E-state index contributed by atoms with van der Waals surface area (Å²) in [5, 5.41) is 12.9. The maximum absolute atomic E-state index is 12.5. The van der Waals surface area contributed by atoms with Crippen molar-refractivity contribution >= 4 is 35.9 Å². The Morgan fingerprint density at radius 2 is 1.88 bits per heavy atom. The van der Waals surface area contributed by atoms with E-state index in [-0.39, 0.29) is 30.2 Å². The lowest BCUT2D eigenvalue weighted by atomic mass is 9.81. The number of carbonyl (C=O) groups excluding carboxylic acids is 2. The van der Waals surface area contributed by atoms with Crippen LogP contribution in [0.4, 0.5) is 5.69 Å². The first kappa shape index (κ1) is 20.8. The molecule has 0 spiro atoms. The van der Waals surface area contributed by atoms with Gasteiger partial charge in [0.1, 0.15) is 0 Å². The number of benzene rings is 1. The number of hydrogen-bond donors (Lipinski definition) is 4. The minimum atomic E-state index is -0.468. The van der Waals surface area contributed by atoms with Gasteiger partial charge in [-0.15, -0.1) is 12.4 Å². The number of nitrogens with two attached hydrogens (primary N) is 1. The van der Waals surface area contributed by atoms with E-state index in [4.69, 9.17) is 15.9 Å². The number of para-hydroxylation sites is 1. The number of methoxy groups -OCH3 is 1. The van der Waals surface area contributed by atoms with Crippen LogP contribution in [-0.4, -0.2) is 31.5 Å². The third-order valence-corrected chi connectivity index (χ3v) is 4.39. The van der Waals surface area contributed by atoms with E-state index in [0.29, 0.717) is 23.7 Å². The van der Waals surface area contributed by atoms with Crippen LogP contribution >= 0.6 is 12.4 Å². The molecular weight excluding hydrogens is 344 g/mol. The van der Waals surface area contributed by atoms with Gasteiger partial charge in [-0.25, -0.2) is 4.79 Å². The van der Waals surface area contributed by atoms with E-state index in [0.717, 1.165) is 25.7 Å². The van der Waals surface area contributed by atoms with Crippen LogP contribution in [0.3, 0.4) is 0 Å². The van der Waals surface area contributed by atoms with Crippen molar-refractivity contribution in [3.8, 4) is 0 Å². The number of rotatable bonds is 5. The van der Waals surface area contributed by atoms with Crippen molar-refractivity contribution in [2.75, 3.05) is 19.0 Å². The first-order valence-electron chi connectivity index (χ1n) is 8.07. The molecular formula is C17H25ClN4O3. The molecule has 138 valence electrons. The van der Waals surface area contributed by atoms with Gasteiger partial charge in [0.15, 0.2) is 5.96 Å². The molecule has 1 saturated carbocycles. The molecule has 0 aliphatic heterocycles. The van der Waals surface area contributed by atoms with E-state index in [1.54, 1.807) is 24.3 Å². The molecule has 0 saturated heterocycles. The van der Waals surface area contributed by atoms with Gasteiger partial charge < -0.3 is 21.1 Å². The number of amides is 1. The molecule has 0 unspecified atom stereocenters. The molecule has 8 heteroatoms. The van der Waals surface area contributed by atoms with Crippen LogP contribution in [0.5, 0.6) is 0 Å². The van der Waals surface area contributed by atoms with Gasteiger partial charge in [-0.1, -0.05) is 12.1 Å². The van der Waals surface area contributed by atoms with Crippen molar-refractivity contribution in [2.45, 2.75) is 25.7 Å². The molecule has 0 aromatic heterocycles. The number of hydrogen-bond acceptors (Lipinski definition) is 4. The first-order valence-corrected chi connectivity index (χ1v) is 8.07. The minimum Gasteiger partial charge on any atom is -0.465 e. The number of halogens is 1. The fourth-order valence-electron chi connectivity index (χ4n) is 3.00. The highest BCUT2D eigenvalue weighted by Gasteiger charge is 2.27. The molecule has 0 radical (unpaired) electrons. The summed E-state index contributed by atoms with van der Waals surface area (Å²) in [6, 6.07) is 6.83. The quantitative estimate of drug-likeness (QED) is 0.361. The normalized spacial score (nSPS) is 19.2. The van der Waals surface area contributed by atoms with Crippen molar-refractivity contribution in [1.29, 1.82) is 5.41 Å². The second-order valence-corrected chi connectivity index (χ2v) is 6.04. The summed E-state index contributed by atoms with van der Waals surface area (Å²) in [5.74, 6) is -0.187. The number of esters is 1. The van der Waals surface area contributed by atoms with Crippen LogP contribution in [0.15, 0.2) is 24.3 Å². The number of ether oxygens (including phenoxy) is 1. The Bertz CT molecular complexity index is 616. The zero-order chi connectivity index (χ0) is 17.5. The molecule has 0 bridgehead atoms. The van der Waals surface area contributed by atoms with Crippen molar-refractivity contribution in [3.63, 3.8) is 0 Å². The van der Waals surface area contributed by atoms with Crippen molar-refractivity contribution < 1.29 is 14.3 Å². The van der Waals surface area contributed by atoms with Gasteiger partial charge in [0.05, 0.1) is 18.4 Å². The molecule has 5 N–H and O–H groups in total. The highest BCUT2D eigenvalue weighted by molar-refractivity contribution is 6.01. The minimum absolute atomic E-state index is 0. The van der Waals surface area contributed by atoms with E-state index in [1.165, 1.54) is 7.11 Å². The van der Waals surface area contributed by atoms with Crippen molar-refractivity contribution in [3.05, 3.63) is 29.8 Å². The highest BCUT2D eigenvalue weighted by atomic mass is 35.5. The maximum atomic E-state index is 12.5. The molecule has 2 rings (SSSR count). The molecule has 1 amide bonds. The van der Waals surface area contributed by atoms with E-state index >= 15 is 0 Å². The second kappa shape index (κ2) is 9.88. The van der Waals surface area contributed by atoms with Crippen LogP contribution < -0.4 is 16.4 Å². The Morgan fingerprint density at radius 3 is 2.48 bits per heavy atom. The van der Waals surface area contributed by atoms with Crippen LogP contribution in [0.2, 0.25) is 0 Å². The third-order valence-electron chi connectivity index (χ3n) is 4.39. The number of anilines is 1. The Hall–Kier alpha value is -2.28. The number of nitrogens with one attached hydrogen (secondary N) is 3. The van der Waals surface area contributed by atoms with Gasteiger partial charge in [-0.05, 0) is 43.7 Å². The lowest BCUT2D eigenvalue weighted by Crippen LogP contribution is -2.36. The van der Waals surface area contributed by atoms with Crippen LogP contribution in [0.1, 0.15) is 36.0 Å². The van der Waals surface area contributed by atoms with E-state index in [1.807, 2.05) is 0 Å². The average Bonchev–Trinajstić information content (AvgIpc) is 2.60. The predicted molar refractivity (Wildman–Crippen MR) is 99.0 cm³/mol. The Balaban J connectivity index is 0.00000312. The monoisotopic (exact) mass is 368 g/mol. The largest absolute Gasteiger partial charge is 0.465 e. The molecule has 1 aromatic rings. The van der Waals surface area contributed by atoms with Gasteiger partial charge in [-0.2, -0.15) is 0 Å². The SMILES string of the molecule is COC(=O)c1ccccc1NC(=O)C1CCC(CNC(=N)N)CC1.Cl.